The van der Waals surface area contributed by atoms with Gasteiger partial charge < -0.3 is 14.6 Å². The summed E-state index contributed by atoms with van der Waals surface area (Å²) >= 11 is 0. The highest BCUT2D eigenvalue weighted by molar-refractivity contribution is 5.83. The second-order valence-electron chi connectivity index (χ2n) is 1.91. The second-order valence-corrected chi connectivity index (χ2v) is 1.91. The summed E-state index contributed by atoms with van der Waals surface area (Å²) in [7, 11) is 2.36. The number of hydrogen-bond acceptors (Lipinski definition) is 5. The van der Waals surface area contributed by atoms with Gasteiger partial charge in [-0.05, 0) is 0 Å². The minimum atomic E-state index is -0.712. The van der Waals surface area contributed by atoms with Gasteiger partial charge in [0.05, 0.1) is 20.3 Å². The number of carbonyl (C=O) groups excluding carboxylic acids is 2. The van der Waals surface area contributed by atoms with E-state index in [1.807, 2.05) is 0 Å². The lowest BCUT2D eigenvalue weighted by atomic mass is 10.3. The molecule has 1 N–H and O–H groups in total. The highest BCUT2D eigenvalue weighted by Gasteiger charge is 2.05. The highest BCUT2D eigenvalue weighted by Crippen LogP contribution is 1.97. The smallest absolute Gasteiger partial charge is 0.333 e. The van der Waals surface area contributed by atoms with Crippen LogP contribution in [-0.4, -0.2) is 54.3 Å². The molecule has 0 fully saturated rings. The Morgan fingerprint density at radius 1 is 1.31 bits per heavy atom. The molecule has 0 saturated heterocycles. The number of methoxy groups -OCH3 is 2. The topological polar surface area (TPSA) is 72.8 Å². The van der Waals surface area contributed by atoms with Crippen molar-refractivity contribution in [1.29, 1.82) is 0 Å². The van der Waals surface area contributed by atoms with E-state index in [9.17, 15) is 9.59 Å². The van der Waals surface area contributed by atoms with E-state index in [-0.39, 0.29) is 35.2 Å². The van der Waals surface area contributed by atoms with Gasteiger partial charge in [0, 0.05) is 0 Å². The summed E-state index contributed by atoms with van der Waals surface area (Å²) in [4.78, 5) is 21.0. The zero-order valence-electron chi connectivity index (χ0n) is 6.86. The Kier molecular flexibility index (Phi) is 8.93. The van der Waals surface area contributed by atoms with E-state index >= 15 is 0 Å². The Hall–Kier alpha value is -0.754. The van der Waals surface area contributed by atoms with Crippen molar-refractivity contribution in [2.75, 3.05) is 14.2 Å². The molecule has 0 aromatic carbocycles. The maximum absolute atomic E-state index is 10.5. The molecule has 13 heavy (non-hydrogen) atoms. The largest absolute Gasteiger partial charge is 0.511 e. The summed E-state index contributed by atoms with van der Waals surface area (Å²) < 4.78 is 8.45. The molecule has 0 amide bonds. The van der Waals surface area contributed by atoms with E-state index in [1.165, 1.54) is 14.2 Å². The van der Waals surface area contributed by atoms with Crippen LogP contribution in [0.25, 0.3) is 0 Å². The first-order valence-corrected chi connectivity index (χ1v) is 3.14. The maximum Gasteiger partial charge on any atom is 0.333 e. The van der Waals surface area contributed by atoms with Crippen molar-refractivity contribution < 1.29 is 24.2 Å². The lowest BCUT2D eigenvalue weighted by molar-refractivity contribution is -0.140. The quantitative estimate of drug-likeness (QED) is 0.281. The molecule has 6 heteroatoms. The summed E-state index contributed by atoms with van der Waals surface area (Å²) in [6.45, 7) is 0. The molecule has 0 unspecified atom stereocenters. The first-order valence-electron chi connectivity index (χ1n) is 3.14. The van der Waals surface area contributed by atoms with Crippen LogP contribution in [0.2, 0.25) is 0 Å². The molecule has 0 aliphatic rings. The molecule has 72 valence electrons. The molecule has 0 atom stereocenters. The number of carbonyl (C=O) groups is 2. The maximum atomic E-state index is 10.5. The molecule has 0 aliphatic carbocycles. The van der Waals surface area contributed by atoms with E-state index in [2.05, 4.69) is 9.47 Å². The van der Waals surface area contributed by atoms with Crippen LogP contribution in [0.1, 0.15) is 6.42 Å². The van der Waals surface area contributed by atoms with Gasteiger partial charge in [-0.2, -0.15) is 0 Å². The fourth-order valence-corrected chi connectivity index (χ4v) is 0.466. The van der Waals surface area contributed by atoms with Crippen molar-refractivity contribution in [2.45, 2.75) is 6.42 Å². The van der Waals surface area contributed by atoms with Crippen molar-refractivity contribution in [3.8, 4) is 0 Å². The van der Waals surface area contributed by atoms with E-state index < -0.39 is 11.9 Å². The van der Waals surface area contributed by atoms with Gasteiger partial charge in [-0.15, -0.1) is 0 Å². The summed E-state index contributed by atoms with van der Waals surface area (Å²) in [6, 6.07) is 0. The first-order chi connectivity index (χ1) is 5.60. The van der Waals surface area contributed by atoms with Crippen molar-refractivity contribution >= 4 is 35.0 Å². The van der Waals surface area contributed by atoms with E-state index in [1.54, 1.807) is 0 Å². The Morgan fingerprint density at radius 3 is 2.23 bits per heavy atom. The van der Waals surface area contributed by atoms with Crippen LogP contribution in [-0.2, 0) is 19.1 Å². The molecular formula is C7H12MgO5. The van der Waals surface area contributed by atoms with Crippen LogP contribution in [0, 0.1) is 0 Å². The van der Waals surface area contributed by atoms with Gasteiger partial charge in [-0.1, -0.05) is 0 Å². The van der Waals surface area contributed by atoms with Gasteiger partial charge in [-0.3, -0.25) is 4.79 Å². The number of aliphatic hydroxyl groups excluding tert-OH is 1. The van der Waals surface area contributed by atoms with Crippen LogP contribution in [0.15, 0.2) is 11.8 Å². The average molecular weight is 200 g/mol. The molecule has 0 radical (unpaired) electrons. The molecule has 0 bridgehead atoms. The Morgan fingerprint density at radius 2 is 1.85 bits per heavy atom. The van der Waals surface area contributed by atoms with Gasteiger partial charge in [0.1, 0.15) is 12.2 Å². The predicted molar refractivity (Wildman–Crippen MR) is 47.9 cm³/mol. The predicted octanol–water partition coefficient (Wildman–Crippen LogP) is -0.752. The van der Waals surface area contributed by atoms with Crippen molar-refractivity contribution in [1.82, 2.24) is 0 Å². The molecule has 0 aromatic heterocycles. The molecule has 0 spiro atoms. The lowest BCUT2D eigenvalue weighted by Gasteiger charge is -1.97. The summed E-state index contributed by atoms with van der Waals surface area (Å²) in [5.41, 5.74) is 0. The fraction of sp³-hybridized carbons (Fsp3) is 0.429. The zero-order chi connectivity index (χ0) is 9.56. The third kappa shape index (κ3) is 7.60. The number of esters is 2. The minimum Gasteiger partial charge on any atom is -0.511 e. The summed E-state index contributed by atoms with van der Waals surface area (Å²) in [6.07, 6.45) is 0.489. The zero-order valence-corrected chi connectivity index (χ0v) is 6.86. The molecule has 5 nitrogen and oxygen atoms in total. The first kappa shape index (κ1) is 14.8. The number of ether oxygens (including phenoxy) is 2. The van der Waals surface area contributed by atoms with Crippen LogP contribution < -0.4 is 0 Å². The SMILES string of the molecule is COC(=O)/C=C(\O)CC(=O)OC.[MgH2]. The average Bonchev–Trinajstić information content (AvgIpc) is 2.03. The number of aliphatic hydroxyl groups is 1. The number of rotatable bonds is 3. The van der Waals surface area contributed by atoms with Crippen molar-refractivity contribution in [2.24, 2.45) is 0 Å². The third-order valence-corrected chi connectivity index (χ3v) is 1.04. The van der Waals surface area contributed by atoms with Crippen LogP contribution >= 0.6 is 0 Å². The Bertz CT molecular complexity index is 211. The fourth-order valence-electron chi connectivity index (χ4n) is 0.466. The molecule has 0 heterocycles. The number of hydrogen-bond donors (Lipinski definition) is 1. The monoisotopic (exact) mass is 200 g/mol. The lowest BCUT2D eigenvalue weighted by Crippen LogP contribution is -2.04. The van der Waals surface area contributed by atoms with Gasteiger partial charge in [-0.25, -0.2) is 4.79 Å². The summed E-state index contributed by atoms with van der Waals surface area (Å²) in [5.74, 6) is -1.71. The van der Waals surface area contributed by atoms with E-state index in [4.69, 9.17) is 5.11 Å². The minimum absolute atomic E-state index is 0. The summed E-state index contributed by atoms with van der Waals surface area (Å²) in [5, 5.41) is 8.91. The van der Waals surface area contributed by atoms with Crippen LogP contribution in [0.4, 0.5) is 0 Å². The molecule has 0 saturated carbocycles. The molecule has 0 aliphatic heterocycles. The van der Waals surface area contributed by atoms with E-state index in [0.29, 0.717) is 0 Å². The van der Waals surface area contributed by atoms with Crippen molar-refractivity contribution in [3.05, 3.63) is 11.8 Å². The molecule has 0 rings (SSSR count). The van der Waals surface area contributed by atoms with Crippen molar-refractivity contribution in [3.63, 3.8) is 0 Å². The van der Waals surface area contributed by atoms with Crippen LogP contribution in [0.5, 0.6) is 0 Å². The van der Waals surface area contributed by atoms with Gasteiger partial charge in [0.2, 0.25) is 0 Å². The standard InChI is InChI=1S/C7H10O5.Mg.2H/c1-11-6(9)3-5(8)4-7(10)12-2;;;/h3,8H,4H2,1-2H3;;;/b5-3-;;;. The highest BCUT2D eigenvalue weighted by atomic mass is 24.3. The van der Waals surface area contributed by atoms with Gasteiger partial charge >= 0.3 is 35.0 Å². The van der Waals surface area contributed by atoms with Crippen LogP contribution in [0.3, 0.4) is 0 Å². The second kappa shape index (κ2) is 7.87. The Labute approximate surface area is 91.9 Å². The van der Waals surface area contributed by atoms with E-state index in [0.717, 1.165) is 6.08 Å². The third-order valence-electron chi connectivity index (χ3n) is 1.04. The molecular weight excluding hydrogens is 188 g/mol. The van der Waals surface area contributed by atoms with Gasteiger partial charge in [0.15, 0.2) is 0 Å². The molecule has 0 aromatic rings. The van der Waals surface area contributed by atoms with Gasteiger partial charge in [0.25, 0.3) is 0 Å². The Balaban J connectivity index is 0. The normalized spacial score (nSPS) is 9.85.